The molecule has 0 bridgehead atoms. The van der Waals surface area contributed by atoms with Gasteiger partial charge in [-0.1, -0.05) is 57.2 Å². The fourth-order valence-electron chi connectivity index (χ4n) is 2.21. The summed E-state index contributed by atoms with van der Waals surface area (Å²) in [7, 11) is -3.61. The molecule has 0 amide bonds. The van der Waals surface area contributed by atoms with Gasteiger partial charge in [-0.15, -0.1) is 0 Å². The van der Waals surface area contributed by atoms with Gasteiger partial charge in [-0.05, 0) is 47.7 Å². The summed E-state index contributed by atoms with van der Waals surface area (Å²) in [6, 6.07) is 12.5. The number of benzene rings is 2. The zero-order valence-electron chi connectivity index (χ0n) is 14.1. The van der Waals surface area contributed by atoms with Gasteiger partial charge in [-0.3, -0.25) is 4.72 Å². The second-order valence-electron chi connectivity index (χ2n) is 6.67. The third-order valence-electron chi connectivity index (χ3n) is 3.71. The largest absolute Gasteiger partial charge is 0.279 e. The first-order valence-corrected chi connectivity index (χ1v) is 8.98. The van der Waals surface area contributed by atoms with E-state index in [2.05, 4.69) is 32.1 Å². The van der Waals surface area contributed by atoms with Crippen molar-refractivity contribution in [2.24, 2.45) is 0 Å². The van der Waals surface area contributed by atoms with Crippen molar-refractivity contribution in [1.82, 2.24) is 0 Å². The van der Waals surface area contributed by atoms with Gasteiger partial charge in [0.2, 0.25) is 0 Å². The van der Waals surface area contributed by atoms with Crippen LogP contribution in [0.1, 0.15) is 37.5 Å². The molecule has 0 atom stereocenters. The summed E-state index contributed by atoms with van der Waals surface area (Å²) >= 11 is 0. The van der Waals surface area contributed by atoms with E-state index in [4.69, 9.17) is 0 Å². The van der Waals surface area contributed by atoms with Crippen molar-refractivity contribution in [3.63, 3.8) is 0 Å². The SMILES string of the molecule is C=Cc1cc(C(C)(C)C)ccc1NS(=O)(=O)c1ccc(C)cc1. The monoisotopic (exact) mass is 329 g/mol. The predicted molar refractivity (Wildman–Crippen MR) is 97.2 cm³/mol. The van der Waals surface area contributed by atoms with E-state index < -0.39 is 10.0 Å². The van der Waals surface area contributed by atoms with Gasteiger partial charge in [0, 0.05) is 0 Å². The van der Waals surface area contributed by atoms with E-state index in [1.807, 2.05) is 19.1 Å². The second kappa shape index (κ2) is 6.20. The van der Waals surface area contributed by atoms with E-state index >= 15 is 0 Å². The Labute approximate surface area is 139 Å². The van der Waals surface area contributed by atoms with Crippen molar-refractivity contribution in [3.8, 4) is 0 Å². The molecule has 0 aliphatic carbocycles. The van der Waals surface area contributed by atoms with Crippen LogP contribution in [0.15, 0.2) is 53.9 Å². The lowest BCUT2D eigenvalue weighted by molar-refractivity contribution is 0.590. The van der Waals surface area contributed by atoms with Crippen molar-refractivity contribution in [3.05, 3.63) is 65.7 Å². The lowest BCUT2D eigenvalue weighted by Gasteiger charge is -2.21. The Balaban J connectivity index is 2.39. The highest BCUT2D eigenvalue weighted by molar-refractivity contribution is 7.92. The third-order valence-corrected chi connectivity index (χ3v) is 5.09. The highest BCUT2D eigenvalue weighted by Crippen LogP contribution is 2.28. The number of aryl methyl sites for hydroxylation is 1. The van der Waals surface area contributed by atoms with E-state index in [1.165, 1.54) is 0 Å². The van der Waals surface area contributed by atoms with Crippen molar-refractivity contribution in [2.45, 2.75) is 38.0 Å². The van der Waals surface area contributed by atoms with Crippen LogP contribution in [0.4, 0.5) is 5.69 Å². The van der Waals surface area contributed by atoms with Crippen LogP contribution in [0, 0.1) is 6.92 Å². The van der Waals surface area contributed by atoms with Gasteiger partial charge in [-0.25, -0.2) is 8.42 Å². The van der Waals surface area contributed by atoms with Gasteiger partial charge in [-0.2, -0.15) is 0 Å². The molecule has 0 radical (unpaired) electrons. The first kappa shape index (κ1) is 17.3. The van der Waals surface area contributed by atoms with Crippen molar-refractivity contribution >= 4 is 21.8 Å². The molecule has 0 unspecified atom stereocenters. The molecule has 122 valence electrons. The fraction of sp³-hybridized carbons (Fsp3) is 0.263. The van der Waals surface area contributed by atoms with E-state index in [1.54, 1.807) is 36.4 Å². The van der Waals surface area contributed by atoms with Gasteiger partial charge < -0.3 is 0 Å². The first-order chi connectivity index (χ1) is 10.6. The maximum absolute atomic E-state index is 12.5. The molecule has 0 aromatic heterocycles. The summed E-state index contributed by atoms with van der Waals surface area (Å²) in [5, 5.41) is 0. The zero-order valence-corrected chi connectivity index (χ0v) is 14.9. The summed E-state index contributed by atoms with van der Waals surface area (Å²) in [5.74, 6) is 0. The lowest BCUT2D eigenvalue weighted by atomic mass is 9.86. The number of sulfonamides is 1. The predicted octanol–water partition coefficient (Wildman–Crippen LogP) is 4.74. The van der Waals surface area contributed by atoms with Gasteiger partial charge in [0.15, 0.2) is 0 Å². The quantitative estimate of drug-likeness (QED) is 0.881. The van der Waals surface area contributed by atoms with Crippen LogP contribution in [0.2, 0.25) is 0 Å². The third kappa shape index (κ3) is 4.02. The smallest absolute Gasteiger partial charge is 0.261 e. The molecule has 1 N–H and O–H groups in total. The molecule has 2 aromatic rings. The van der Waals surface area contributed by atoms with E-state index in [-0.39, 0.29) is 10.3 Å². The fourth-order valence-corrected chi connectivity index (χ4v) is 3.30. The maximum Gasteiger partial charge on any atom is 0.261 e. The Morgan fingerprint density at radius 2 is 1.65 bits per heavy atom. The van der Waals surface area contributed by atoms with Crippen LogP contribution in [-0.2, 0) is 15.4 Å². The van der Waals surface area contributed by atoms with Crippen molar-refractivity contribution in [1.29, 1.82) is 0 Å². The molecule has 2 aromatic carbocycles. The minimum absolute atomic E-state index is 0.00782. The van der Waals surface area contributed by atoms with Gasteiger partial charge >= 0.3 is 0 Å². The minimum atomic E-state index is -3.61. The van der Waals surface area contributed by atoms with Crippen LogP contribution in [-0.4, -0.2) is 8.42 Å². The Kier molecular flexibility index (Phi) is 4.66. The van der Waals surface area contributed by atoms with Gasteiger partial charge in [0.1, 0.15) is 0 Å². The van der Waals surface area contributed by atoms with E-state index in [0.717, 1.165) is 16.7 Å². The van der Waals surface area contributed by atoms with Crippen LogP contribution in [0.25, 0.3) is 6.08 Å². The maximum atomic E-state index is 12.5. The summed E-state index contributed by atoms with van der Waals surface area (Å²) in [6.45, 7) is 12.1. The Morgan fingerprint density at radius 3 is 2.17 bits per heavy atom. The van der Waals surface area contributed by atoms with Gasteiger partial charge in [0.25, 0.3) is 10.0 Å². The summed E-state index contributed by atoms with van der Waals surface area (Å²) < 4.78 is 27.7. The van der Waals surface area contributed by atoms with Crippen molar-refractivity contribution in [2.75, 3.05) is 4.72 Å². The number of anilines is 1. The van der Waals surface area contributed by atoms with E-state index in [0.29, 0.717) is 5.69 Å². The lowest BCUT2D eigenvalue weighted by Crippen LogP contribution is -2.15. The van der Waals surface area contributed by atoms with Crippen LogP contribution in [0.5, 0.6) is 0 Å². The summed E-state index contributed by atoms with van der Waals surface area (Å²) in [6.07, 6.45) is 1.67. The molecule has 0 saturated heterocycles. The molecular formula is C19H23NO2S. The molecule has 0 aliphatic rings. The minimum Gasteiger partial charge on any atom is -0.279 e. The highest BCUT2D eigenvalue weighted by Gasteiger charge is 2.18. The molecular weight excluding hydrogens is 306 g/mol. The number of nitrogens with one attached hydrogen (secondary N) is 1. The molecule has 4 heteroatoms. The second-order valence-corrected chi connectivity index (χ2v) is 8.36. The molecule has 0 saturated carbocycles. The van der Waals surface area contributed by atoms with Crippen molar-refractivity contribution < 1.29 is 8.42 Å². The first-order valence-electron chi connectivity index (χ1n) is 7.50. The molecule has 2 rings (SSSR count). The Morgan fingerprint density at radius 1 is 1.04 bits per heavy atom. The average molecular weight is 329 g/mol. The molecule has 23 heavy (non-hydrogen) atoms. The standard InChI is InChI=1S/C19H23NO2S/c1-6-15-13-16(19(3,4)5)9-12-18(15)20-23(21,22)17-10-7-14(2)8-11-17/h6-13,20H,1H2,2-5H3. The summed E-state index contributed by atoms with van der Waals surface area (Å²) in [4.78, 5) is 0.248. The van der Waals surface area contributed by atoms with Crippen LogP contribution in [0.3, 0.4) is 0 Å². The number of rotatable bonds is 4. The zero-order chi connectivity index (χ0) is 17.3. The highest BCUT2D eigenvalue weighted by atomic mass is 32.2. The molecule has 0 aliphatic heterocycles. The molecule has 3 nitrogen and oxygen atoms in total. The van der Waals surface area contributed by atoms with E-state index in [9.17, 15) is 8.42 Å². The van der Waals surface area contributed by atoms with Crippen LogP contribution < -0.4 is 4.72 Å². The molecule has 0 heterocycles. The summed E-state index contributed by atoms with van der Waals surface area (Å²) in [5.41, 5.74) is 3.45. The Hall–Kier alpha value is -2.07. The normalized spacial score (nSPS) is 12.0. The molecule has 0 spiro atoms. The van der Waals surface area contributed by atoms with Gasteiger partial charge in [0.05, 0.1) is 10.6 Å². The Bertz CT molecular complexity index is 813. The molecule has 0 fully saturated rings. The number of hydrogen-bond acceptors (Lipinski definition) is 2. The van der Waals surface area contributed by atoms with Crippen LogP contribution >= 0.6 is 0 Å². The topological polar surface area (TPSA) is 46.2 Å². The average Bonchev–Trinajstić information content (AvgIpc) is 2.46. The number of hydrogen-bond donors (Lipinski definition) is 1.